The van der Waals surface area contributed by atoms with Crippen molar-refractivity contribution in [1.29, 1.82) is 0 Å². The van der Waals surface area contributed by atoms with Crippen molar-refractivity contribution in [2.75, 3.05) is 5.32 Å². The largest absolute Gasteiger partial charge is 0.324 e. The number of imidazole rings is 1. The molecule has 0 saturated carbocycles. The van der Waals surface area contributed by atoms with E-state index in [1.165, 1.54) is 6.33 Å². The molecule has 1 aliphatic heterocycles. The summed E-state index contributed by atoms with van der Waals surface area (Å²) in [5.41, 5.74) is 3.77. The average Bonchev–Trinajstić information content (AvgIpc) is 3.27. The van der Waals surface area contributed by atoms with Crippen molar-refractivity contribution in [3.8, 4) is 11.4 Å². The number of aromatic amines is 1. The van der Waals surface area contributed by atoms with Gasteiger partial charge in [-0.1, -0.05) is 11.6 Å². The van der Waals surface area contributed by atoms with Crippen LogP contribution in [0.25, 0.3) is 11.4 Å². The number of fused-ring (bicyclic) bond motifs is 1. The van der Waals surface area contributed by atoms with E-state index < -0.39 is 0 Å². The fourth-order valence-corrected chi connectivity index (χ4v) is 3.19. The van der Waals surface area contributed by atoms with Gasteiger partial charge in [-0.2, -0.15) is 5.10 Å². The molecule has 1 aromatic carbocycles. The molecule has 0 saturated heterocycles. The Bertz CT molecular complexity index is 867. The highest BCUT2D eigenvalue weighted by molar-refractivity contribution is 5.97. The summed E-state index contributed by atoms with van der Waals surface area (Å²) >= 11 is 0. The van der Waals surface area contributed by atoms with Gasteiger partial charge in [0.2, 0.25) is 5.91 Å². The zero-order valence-electron chi connectivity index (χ0n) is 13.4. The van der Waals surface area contributed by atoms with Crippen LogP contribution in [0.15, 0.2) is 37.1 Å². The molecular formula is C17H18N6O. The van der Waals surface area contributed by atoms with E-state index in [4.69, 9.17) is 0 Å². The quantitative estimate of drug-likeness (QED) is 0.775. The highest BCUT2D eigenvalue weighted by Gasteiger charge is 2.26. The molecule has 1 atom stereocenters. The van der Waals surface area contributed by atoms with Gasteiger partial charge < -0.3 is 9.88 Å². The summed E-state index contributed by atoms with van der Waals surface area (Å²) in [6.07, 6.45) is 7.82. The number of benzene rings is 1. The molecule has 1 aliphatic rings. The van der Waals surface area contributed by atoms with Crippen molar-refractivity contribution in [1.82, 2.24) is 24.7 Å². The van der Waals surface area contributed by atoms with E-state index in [1.807, 2.05) is 35.9 Å². The number of hydrogen-bond acceptors (Lipinski definition) is 4. The van der Waals surface area contributed by atoms with E-state index in [1.54, 1.807) is 6.33 Å². The van der Waals surface area contributed by atoms with E-state index in [2.05, 4.69) is 25.5 Å². The smallest absolute Gasteiger partial charge is 0.247 e. The van der Waals surface area contributed by atoms with E-state index >= 15 is 0 Å². The van der Waals surface area contributed by atoms with Gasteiger partial charge in [-0.15, -0.1) is 0 Å². The van der Waals surface area contributed by atoms with Crippen LogP contribution in [-0.2, 0) is 11.2 Å². The summed E-state index contributed by atoms with van der Waals surface area (Å²) in [5, 5.41) is 9.81. The van der Waals surface area contributed by atoms with E-state index in [0.717, 1.165) is 41.8 Å². The molecule has 7 nitrogen and oxygen atoms in total. The molecule has 0 bridgehead atoms. The minimum atomic E-state index is -0.222. The normalized spacial score (nSPS) is 16.6. The second kappa shape index (κ2) is 5.92. The van der Waals surface area contributed by atoms with Gasteiger partial charge in [0.15, 0.2) is 5.82 Å². The zero-order valence-corrected chi connectivity index (χ0v) is 13.4. The van der Waals surface area contributed by atoms with Crippen LogP contribution in [0.1, 0.15) is 30.1 Å². The molecule has 7 heteroatoms. The summed E-state index contributed by atoms with van der Waals surface area (Å²) < 4.78 is 1.97. The van der Waals surface area contributed by atoms with E-state index in [9.17, 15) is 4.79 Å². The Hall–Kier alpha value is -2.96. The molecule has 2 aromatic heterocycles. The summed E-state index contributed by atoms with van der Waals surface area (Å²) in [6, 6.07) is 5.64. The molecule has 24 heavy (non-hydrogen) atoms. The lowest BCUT2D eigenvalue weighted by atomic mass is 10.0. The van der Waals surface area contributed by atoms with Crippen molar-refractivity contribution >= 4 is 11.6 Å². The van der Waals surface area contributed by atoms with E-state index in [-0.39, 0.29) is 11.9 Å². The number of carbonyl (C=O) groups excluding carboxylic acids is 1. The summed E-state index contributed by atoms with van der Waals surface area (Å²) in [6.45, 7) is 2.00. The standard InChI is InChI=1S/C17H18N6O/c1-11-5-6-14(13(7-11)16-19-9-20-22-16)21-17(24)15-4-2-3-12-8-18-10-23(12)15/h5-10,15H,2-4H2,1H3,(H,21,24)(H,19,20,22). The van der Waals surface area contributed by atoms with Gasteiger partial charge in [-0.05, 0) is 38.3 Å². The van der Waals surface area contributed by atoms with Crippen LogP contribution in [0.2, 0.25) is 0 Å². The minimum Gasteiger partial charge on any atom is -0.324 e. The Morgan fingerprint density at radius 3 is 3.17 bits per heavy atom. The SMILES string of the molecule is Cc1ccc(NC(=O)C2CCCc3cncn32)c(-c2ncn[nH]2)c1. The van der Waals surface area contributed by atoms with Gasteiger partial charge in [-0.25, -0.2) is 9.97 Å². The van der Waals surface area contributed by atoms with Crippen LogP contribution in [0.5, 0.6) is 0 Å². The first kappa shape index (κ1) is 14.6. The lowest BCUT2D eigenvalue weighted by molar-refractivity contribution is -0.119. The molecule has 4 rings (SSSR count). The van der Waals surface area contributed by atoms with Crippen LogP contribution >= 0.6 is 0 Å². The number of aryl methyl sites for hydroxylation is 2. The predicted octanol–water partition coefficient (Wildman–Crippen LogP) is 2.49. The third kappa shape index (κ3) is 2.58. The first-order valence-corrected chi connectivity index (χ1v) is 8.00. The second-order valence-corrected chi connectivity index (χ2v) is 6.07. The molecule has 1 amide bonds. The number of amides is 1. The van der Waals surface area contributed by atoms with Crippen molar-refractivity contribution in [3.05, 3.63) is 48.3 Å². The maximum atomic E-state index is 12.8. The Labute approximate surface area is 139 Å². The van der Waals surface area contributed by atoms with E-state index in [0.29, 0.717) is 5.82 Å². The third-order valence-electron chi connectivity index (χ3n) is 4.40. The summed E-state index contributed by atoms with van der Waals surface area (Å²) in [5.74, 6) is 0.611. The van der Waals surface area contributed by atoms with Crippen LogP contribution in [0.3, 0.4) is 0 Å². The number of anilines is 1. The topological polar surface area (TPSA) is 88.5 Å². The predicted molar refractivity (Wildman–Crippen MR) is 89.4 cm³/mol. The Kier molecular flexibility index (Phi) is 3.60. The van der Waals surface area contributed by atoms with Crippen LogP contribution in [-0.4, -0.2) is 30.6 Å². The molecule has 0 aliphatic carbocycles. The fraction of sp³-hybridized carbons (Fsp3) is 0.294. The highest BCUT2D eigenvalue weighted by Crippen LogP contribution is 2.29. The maximum Gasteiger partial charge on any atom is 0.247 e. The number of hydrogen-bond donors (Lipinski definition) is 2. The summed E-state index contributed by atoms with van der Waals surface area (Å²) in [7, 11) is 0. The van der Waals surface area contributed by atoms with Gasteiger partial charge >= 0.3 is 0 Å². The van der Waals surface area contributed by atoms with Gasteiger partial charge in [0.25, 0.3) is 0 Å². The first-order chi connectivity index (χ1) is 11.7. The molecule has 1 unspecified atom stereocenters. The fourth-order valence-electron chi connectivity index (χ4n) is 3.19. The Balaban J connectivity index is 1.64. The minimum absolute atomic E-state index is 0.0291. The Morgan fingerprint density at radius 2 is 2.33 bits per heavy atom. The first-order valence-electron chi connectivity index (χ1n) is 8.00. The van der Waals surface area contributed by atoms with Crippen molar-refractivity contribution in [2.24, 2.45) is 0 Å². The van der Waals surface area contributed by atoms with Gasteiger partial charge in [0.05, 0.1) is 12.0 Å². The van der Waals surface area contributed by atoms with Crippen molar-refractivity contribution in [3.63, 3.8) is 0 Å². The van der Waals surface area contributed by atoms with Gasteiger partial charge in [-0.3, -0.25) is 9.89 Å². The maximum absolute atomic E-state index is 12.8. The third-order valence-corrected chi connectivity index (χ3v) is 4.40. The number of aromatic nitrogens is 5. The molecular weight excluding hydrogens is 304 g/mol. The lowest BCUT2D eigenvalue weighted by Crippen LogP contribution is -2.29. The number of nitrogens with one attached hydrogen (secondary N) is 2. The molecule has 3 heterocycles. The average molecular weight is 322 g/mol. The molecule has 0 spiro atoms. The number of rotatable bonds is 3. The number of carbonyl (C=O) groups is 1. The molecule has 0 radical (unpaired) electrons. The van der Waals surface area contributed by atoms with Crippen LogP contribution < -0.4 is 5.32 Å². The Morgan fingerprint density at radius 1 is 1.42 bits per heavy atom. The van der Waals surface area contributed by atoms with Gasteiger partial charge in [0, 0.05) is 17.5 Å². The molecule has 0 fully saturated rings. The van der Waals surface area contributed by atoms with Gasteiger partial charge in [0.1, 0.15) is 12.4 Å². The molecule has 2 N–H and O–H groups in total. The zero-order chi connectivity index (χ0) is 16.5. The number of nitrogens with zero attached hydrogens (tertiary/aromatic N) is 4. The molecule has 122 valence electrons. The lowest BCUT2D eigenvalue weighted by Gasteiger charge is -2.25. The van der Waals surface area contributed by atoms with Crippen molar-refractivity contribution < 1.29 is 4.79 Å². The van der Waals surface area contributed by atoms with Crippen molar-refractivity contribution in [2.45, 2.75) is 32.2 Å². The molecule has 3 aromatic rings. The van der Waals surface area contributed by atoms with Crippen LogP contribution in [0.4, 0.5) is 5.69 Å². The number of H-pyrrole nitrogens is 1. The monoisotopic (exact) mass is 322 g/mol. The second-order valence-electron chi connectivity index (χ2n) is 6.07. The van der Waals surface area contributed by atoms with Crippen LogP contribution in [0, 0.1) is 6.92 Å². The summed E-state index contributed by atoms with van der Waals surface area (Å²) in [4.78, 5) is 21.2. The highest BCUT2D eigenvalue weighted by atomic mass is 16.2.